The van der Waals surface area contributed by atoms with Crippen molar-refractivity contribution >= 4 is 58.2 Å². The van der Waals surface area contributed by atoms with Crippen LogP contribution >= 0.6 is 35.0 Å². The number of para-hydroxylation sites is 1. The van der Waals surface area contributed by atoms with Gasteiger partial charge in [0, 0.05) is 11.4 Å². The molecular formula is C29H25Cl2N3O2S. The molecule has 1 saturated heterocycles. The monoisotopic (exact) mass is 549 g/mol. The molecule has 0 unspecified atom stereocenters. The van der Waals surface area contributed by atoms with Crippen molar-refractivity contribution < 1.29 is 9.59 Å². The molecule has 5 nitrogen and oxygen atoms in total. The van der Waals surface area contributed by atoms with Crippen LogP contribution in [0.2, 0.25) is 10.0 Å². The molecule has 0 aromatic heterocycles. The van der Waals surface area contributed by atoms with Gasteiger partial charge in [0.25, 0.3) is 5.91 Å². The van der Waals surface area contributed by atoms with E-state index in [0.29, 0.717) is 32.9 Å². The van der Waals surface area contributed by atoms with Crippen molar-refractivity contribution in [2.45, 2.75) is 37.9 Å². The number of carbonyl (C=O) groups excluding carboxylic acids is 2. The molecule has 1 aliphatic heterocycles. The Morgan fingerprint density at radius 2 is 1.78 bits per heavy atom. The summed E-state index contributed by atoms with van der Waals surface area (Å²) in [5, 5.41) is 13.3. The summed E-state index contributed by atoms with van der Waals surface area (Å²) in [7, 11) is 0. The lowest BCUT2D eigenvalue weighted by molar-refractivity contribution is -0.117. The van der Waals surface area contributed by atoms with Crippen LogP contribution in [0.25, 0.3) is 0 Å². The van der Waals surface area contributed by atoms with E-state index in [9.17, 15) is 14.9 Å². The average molecular weight is 551 g/mol. The lowest BCUT2D eigenvalue weighted by Crippen LogP contribution is -2.31. The smallest absolute Gasteiger partial charge is 0.269 e. The number of nitrogens with zero attached hydrogens (tertiary/aromatic N) is 2. The first-order valence-electron chi connectivity index (χ1n) is 12.0. The van der Waals surface area contributed by atoms with Crippen molar-refractivity contribution in [2.75, 3.05) is 10.2 Å². The van der Waals surface area contributed by atoms with E-state index in [1.807, 2.05) is 42.5 Å². The summed E-state index contributed by atoms with van der Waals surface area (Å²) in [6.07, 6.45) is 3.48. The van der Waals surface area contributed by atoms with Gasteiger partial charge in [-0.2, -0.15) is 5.26 Å². The van der Waals surface area contributed by atoms with E-state index >= 15 is 0 Å². The van der Waals surface area contributed by atoms with Crippen LogP contribution < -0.4 is 10.2 Å². The number of anilines is 2. The summed E-state index contributed by atoms with van der Waals surface area (Å²) < 4.78 is 0. The van der Waals surface area contributed by atoms with E-state index < -0.39 is 11.2 Å². The summed E-state index contributed by atoms with van der Waals surface area (Å²) in [4.78, 5) is 28.3. The molecule has 1 aliphatic rings. The maximum absolute atomic E-state index is 13.6. The van der Waals surface area contributed by atoms with Crippen LogP contribution in [-0.2, 0) is 22.4 Å². The Balaban J connectivity index is 1.65. The number of halogens is 2. The van der Waals surface area contributed by atoms with Gasteiger partial charge in [-0.15, -0.1) is 0 Å². The van der Waals surface area contributed by atoms with Gasteiger partial charge in [-0.1, -0.05) is 90.8 Å². The predicted octanol–water partition coefficient (Wildman–Crippen LogP) is 7.40. The highest BCUT2D eigenvalue weighted by molar-refractivity contribution is 8.05. The van der Waals surface area contributed by atoms with Crippen LogP contribution in [0.15, 0.2) is 83.4 Å². The van der Waals surface area contributed by atoms with Gasteiger partial charge >= 0.3 is 0 Å². The molecule has 0 saturated carbocycles. The zero-order valence-corrected chi connectivity index (χ0v) is 22.5. The van der Waals surface area contributed by atoms with Crippen LogP contribution in [0, 0.1) is 11.3 Å². The third kappa shape index (κ3) is 6.19. The Hall–Kier alpha value is -3.24. The second kappa shape index (κ2) is 12.3. The SMILES string of the molecule is CCCCc1ccc(NC(=O)/C(C#N)=C2\S[C@H](Cc3cccc(Cl)c3Cl)C(=O)N2c2ccccc2)cc1. The summed E-state index contributed by atoms with van der Waals surface area (Å²) in [6, 6.07) is 23.9. The van der Waals surface area contributed by atoms with E-state index in [0.717, 1.165) is 24.8 Å². The highest BCUT2D eigenvalue weighted by atomic mass is 35.5. The molecule has 3 aromatic rings. The van der Waals surface area contributed by atoms with Crippen LogP contribution in [0.1, 0.15) is 30.9 Å². The number of hydrogen-bond acceptors (Lipinski definition) is 4. The van der Waals surface area contributed by atoms with Gasteiger partial charge in [-0.05, 0) is 60.7 Å². The number of aryl methyl sites for hydroxylation is 1. The Labute approximate surface area is 231 Å². The first kappa shape index (κ1) is 26.8. The fraction of sp³-hybridized carbons (Fsp3) is 0.207. The molecule has 37 heavy (non-hydrogen) atoms. The lowest BCUT2D eigenvalue weighted by Gasteiger charge is -2.18. The molecular weight excluding hydrogens is 525 g/mol. The molecule has 3 aromatic carbocycles. The van der Waals surface area contributed by atoms with Crippen molar-refractivity contribution in [3.8, 4) is 6.07 Å². The minimum atomic E-state index is -0.583. The number of rotatable bonds is 8. The normalized spacial score (nSPS) is 16.4. The Morgan fingerprint density at radius 3 is 2.46 bits per heavy atom. The Morgan fingerprint density at radius 1 is 1.05 bits per heavy atom. The van der Waals surface area contributed by atoms with E-state index in [1.54, 1.807) is 36.4 Å². The van der Waals surface area contributed by atoms with Gasteiger partial charge in [0.15, 0.2) is 0 Å². The maximum atomic E-state index is 13.6. The van der Waals surface area contributed by atoms with Crippen LogP contribution in [-0.4, -0.2) is 17.1 Å². The minimum absolute atomic E-state index is 0.128. The summed E-state index contributed by atoms with van der Waals surface area (Å²) in [5.41, 5.74) is 2.95. The lowest BCUT2D eigenvalue weighted by atomic mass is 10.1. The second-order valence-corrected chi connectivity index (χ2v) is 10.6. The predicted molar refractivity (Wildman–Crippen MR) is 152 cm³/mol. The zero-order valence-electron chi connectivity index (χ0n) is 20.2. The number of nitriles is 1. The summed E-state index contributed by atoms with van der Waals surface area (Å²) in [5.74, 6) is -0.801. The molecule has 2 amide bonds. The van der Waals surface area contributed by atoms with Crippen molar-refractivity contribution in [2.24, 2.45) is 0 Å². The number of unbranched alkanes of at least 4 members (excludes halogenated alkanes) is 1. The molecule has 1 heterocycles. The standard InChI is InChI=1S/C29H25Cl2N3O2S/c1-2-3-8-19-13-15-21(16-14-19)33-27(35)23(18-32)29-34(22-10-5-4-6-11-22)28(36)25(37-29)17-20-9-7-12-24(30)26(20)31/h4-7,9-16,25H,2-3,8,17H2,1H3,(H,33,35)/b29-23-/t25-/m1/s1. The maximum Gasteiger partial charge on any atom is 0.269 e. The van der Waals surface area contributed by atoms with Gasteiger partial charge < -0.3 is 5.32 Å². The quantitative estimate of drug-likeness (QED) is 0.234. The number of amides is 2. The molecule has 1 fully saturated rings. The van der Waals surface area contributed by atoms with Crippen molar-refractivity contribution in [1.29, 1.82) is 5.26 Å². The topological polar surface area (TPSA) is 73.2 Å². The van der Waals surface area contributed by atoms with Crippen molar-refractivity contribution in [3.05, 3.63) is 105 Å². The molecule has 188 valence electrons. The van der Waals surface area contributed by atoms with Crippen molar-refractivity contribution in [3.63, 3.8) is 0 Å². The molecule has 0 spiro atoms. The zero-order chi connectivity index (χ0) is 26.4. The van der Waals surface area contributed by atoms with Gasteiger partial charge in [0.2, 0.25) is 5.91 Å². The van der Waals surface area contributed by atoms with E-state index in [2.05, 4.69) is 12.2 Å². The first-order chi connectivity index (χ1) is 17.9. The Kier molecular flexibility index (Phi) is 8.94. The fourth-order valence-electron chi connectivity index (χ4n) is 4.03. The van der Waals surface area contributed by atoms with E-state index in [-0.39, 0.29) is 11.5 Å². The second-order valence-electron chi connectivity index (χ2n) is 8.58. The van der Waals surface area contributed by atoms with Crippen LogP contribution in [0.5, 0.6) is 0 Å². The number of hydrogen-bond donors (Lipinski definition) is 1. The van der Waals surface area contributed by atoms with E-state index in [1.165, 1.54) is 22.2 Å². The molecule has 0 aliphatic carbocycles. The highest BCUT2D eigenvalue weighted by Gasteiger charge is 2.41. The first-order valence-corrected chi connectivity index (χ1v) is 13.6. The summed E-state index contributed by atoms with van der Waals surface area (Å²) in [6.45, 7) is 2.14. The largest absolute Gasteiger partial charge is 0.321 e. The van der Waals surface area contributed by atoms with Gasteiger partial charge in [-0.25, -0.2) is 0 Å². The minimum Gasteiger partial charge on any atom is -0.321 e. The molecule has 0 radical (unpaired) electrons. The van der Waals surface area contributed by atoms with Crippen molar-refractivity contribution in [1.82, 2.24) is 0 Å². The molecule has 1 atom stereocenters. The highest BCUT2D eigenvalue weighted by Crippen LogP contribution is 2.43. The Bertz CT molecular complexity index is 1370. The third-order valence-corrected chi connectivity index (χ3v) is 8.11. The average Bonchev–Trinajstić information content (AvgIpc) is 3.22. The number of nitrogens with one attached hydrogen (secondary N) is 1. The molecule has 8 heteroatoms. The van der Waals surface area contributed by atoms with Gasteiger partial charge in [-0.3, -0.25) is 14.5 Å². The molecule has 1 N–H and O–H groups in total. The van der Waals surface area contributed by atoms with Crippen LogP contribution in [0.3, 0.4) is 0 Å². The third-order valence-electron chi connectivity index (χ3n) is 5.99. The van der Waals surface area contributed by atoms with E-state index in [4.69, 9.17) is 23.2 Å². The molecule has 0 bridgehead atoms. The number of carbonyl (C=O) groups is 2. The molecule has 4 rings (SSSR count). The number of thioether (sulfide) groups is 1. The van der Waals surface area contributed by atoms with Gasteiger partial charge in [0.05, 0.1) is 15.3 Å². The number of benzene rings is 3. The summed E-state index contributed by atoms with van der Waals surface area (Å²) >= 11 is 13.7. The van der Waals surface area contributed by atoms with Gasteiger partial charge in [0.1, 0.15) is 16.7 Å². The van der Waals surface area contributed by atoms with Crippen LogP contribution in [0.4, 0.5) is 11.4 Å². The fourth-order valence-corrected chi connectivity index (χ4v) is 5.73.